The van der Waals surface area contributed by atoms with E-state index in [1.807, 2.05) is 13.8 Å². The monoisotopic (exact) mass is 513 g/mol. The number of fused-ring (bicyclic) bond motifs is 1. The van der Waals surface area contributed by atoms with E-state index in [1.165, 1.54) is 30.3 Å². The first-order chi connectivity index (χ1) is 15.6. The van der Waals surface area contributed by atoms with Crippen molar-refractivity contribution >= 4 is 38.8 Å². The van der Waals surface area contributed by atoms with Gasteiger partial charge < -0.3 is 9.47 Å². The number of thioether (sulfide) groups is 1. The average molecular weight is 514 g/mol. The first-order valence-corrected chi connectivity index (χ1v) is 12.5. The highest BCUT2D eigenvalue weighted by Crippen LogP contribution is 2.49. The van der Waals surface area contributed by atoms with Crippen molar-refractivity contribution in [3.05, 3.63) is 46.4 Å². The van der Waals surface area contributed by atoms with Gasteiger partial charge in [0.1, 0.15) is 11.5 Å². The number of hydrogen-bond donors (Lipinski definition) is 1. The maximum absolute atomic E-state index is 13.2. The van der Waals surface area contributed by atoms with Crippen molar-refractivity contribution in [3.63, 3.8) is 0 Å². The number of ether oxygens (including phenoxy) is 2. The van der Waals surface area contributed by atoms with Crippen molar-refractivity contribution in [2.45, 2.75) is 30.5 Å². The Bertz CT molecular complexity index is 1360. The molecule has 2 aliphatic rings. The van der Waals surface area contributed by atoms with Gasteiger partial charge in [0.2, 0.25) is 0 Å². The second-order valence-electron chi connectivity index (χ2n) is 8.45. The smallest absolute Gasteiger partial charge is 0.492 e. The summed E-state index contributed by atoms with van der Waals surface area (Å²) in [5.74, 6) is -0.954. The van der Waals surface area contributed by atoms with Crippen LogP contribution < -0.4 is 14.8 Å². The first kappa shape index (κ1) is 24.1. The molecular weight excluding hydrogens is 495 g/mol. The molecule has 2 amide bonds. The number of amides is 2. The summed E-state index contributed by atoms with van der Waals surface area (Å²) in [6.07, 6.45) is -2.67. The van der Waals surface area contributed by atoms with Crippen LogP contribution in [0.4, 0.5) is 18.0 Å². The van der Waals surface area contributed by atoms with Crippen molar-refractivity contribution in [1.82, 2.24) is 5.32 Å². The zero-order chi connectivity index (χ0) is 25.1. The fraction of sp³-hybridized carbons (Fsp3) is 0.273. The Morgan fingerprint density at radius 3 is 2.44 bits per heavy atom. The quantitative estimate of drug-likeness (QED) is 0.595. The molecule has 1 fully saturated rings. The number of alkyl halides is 3. The van der Waals surface area contributed by atoms with E-state index in [0.717, 1.165) is 12.3 Å². The molecule has 0 unspecified atom stereocenters. The van der Waals surface area contributed by atoms with E-state index in [0.29, 0.717) is 22.9 Å². The van der Waals surface area contributed by atoms with Crippen molar-refractivity contribution in [2.24, 2.45) is 0 Å². The van der Waals surface area contributed by atoms with Gasteiger partial charge in [0.15, 0.2) is 9.84 Å². The third kappa shape index (κ3) is 4.78. The van der Waals surface area contributed by atoms with Crippen LogP contribution >= 0.6 is 11.8 Å². The minimum absolute atomic E-state index is 0.0629. The molecule has 2 aliphatic heterocycles. The Hall–Kier alpha value is -2.99. The van der Waals surface area contributed by atoms with Crippen molar-refractivity contribution in [1.29, 1.82) is 0 Å². The Labute approximate surface area is 197 Å². The third-order valence-corrected chi connectivity index (χ3v) is 7.16. The number of benzene rings is 2. The van der Waals surface area contributed by atoms with Crippen molar-refractivity contribution < 1.29 is 40.7 Å². The number of sulfone groups is 1. The van der Waals surface area contributed by atoms with Crippen LogP contribution in [-0.4, -0.2) is 38.8 Å². The fourth-order valence-electron chi connectivity index (χ4n) is 3.64. The Morgan fingerprint density at radius 1 is 1.15 bits per heavy atom. The molecule has 2 aromatic carbocycles. The lowest BCUT2D eigenvalue weighted by atomic mass is 9.85. The molecule has 0 radical (unpaired) electrons. The van der Waals surface area contributed by atoms with Crippen LogP contribution in [0.1, 0.15) is 25.0 Å². The Kier molecular flexibility index (Phi) is 5.72. The molecule has 34 heavy (non-hydrogen) atoms. The van der Waals surface area contributed by atoms with Crippen LogP contribution in [0.25, 0.3) is 17.2 Å². The molecule has 1 N–H and O–H groups in total. The molecule has 12 heteroatoms. The lowest BCUT2D eigenvalue weighted by Gasteiger charge is -2.19. The van der Waals surface area contributed by atoms with Gasteiger partial charge in [-0.2, -0.15) is 0 Å². The summed E-state index contributed by atoms with van der Waals surface area (Å²) >= 11 is 0.656. The predicted octanol–water partition coefficient (Wildman–Crippen LogP) is 4.65. The summed E-state index contributed by atoms with van der Waals surface area (Å²) in [6, 6.07) is 6.38. The maximum atomic E-state index is 13.2. The summed E-state index contributed by atoms with van der Waals surface area (Å²) in [5.41, 5.74) is 0.258. The van der Waals surface area contributed by atoms with Crippen LogP contribution in [0.2, 0.25) is 0 Å². The Balaban J connectivity index is 1.97. The molecule has 7 nitrogen and oxygen atoms in total. The zero-order valence-corrected chi connectivity index (χ0v) is 19.7. The molecular formula is C22H18F3NO6S2. The highest BCUT2D eigenvalue weighted by molar-refractivity contribution is 8.18. The standard InChI is InChI=1S/C22H18F3NO6S2/c1-21(2)10-31-18-14(8-12(9-15(18)21)34(3,29)30)13-6-11(4-5-16(13)32-22(23,24)25)7-17-19(27)26-20(28)33-17/h4-9H,10H2,1-3H3,(H,26,27,28)/b17-7-. The SMILES string of the molecule is CC1(C)COc2c(-c3cc(/C=C4\SC(=O)NC4=O)ccc3OC(F)(F)F)cc(S(C)(=O)=O)cc21. The number of carbonyl (C=O) groups excluding carboxylic acids is 2. The summed E-state index contributed by atoms with van der Waals surface area (Å²) < 4.78 is 74.3. The van der Waals surface area contributed by atoms with Gasteiger partial charge in [-0.25, -0.2) is 8.42 Å². The van der Waals surface area contributed by atoms with Crippen LogP contribution in [0, 0.1) is 0 Å². The molecule has 0 saturated carbocycles. The number of hydrogen-bond acceptors (Lipinski definition) is 7. The second kappa shape index (κ2) is 8.05. The molecule has 2 aromatic rings. The highest BCUT2D eigenvalue weighted by Gasteiger charge is 2.37. The van der Waals surface area contributed by atoms with E-state index in [2.05, 4.69) is 10.1 Å². The summed E-state index contributed by atoms with van der Waals surface area (Å²) in [7, 11) is -3.72. The zero-order valence-electron chi connectivity index (χ0n) is 18.1. The molecule has 0 aromatic heterocycles. The second-order valence-corrected chi connectivity index (χ2v) is 11.5. The maximum Gasteiger partial charge on any atom is 0.573 e. The van der Waals surface area contributed by atoms with Gasteiger partial charge in [-0.05, 0) is 47.7 Å². The molecule has 0 spiro atoms. The van der Waals surface area contributed by atoms with Gasteiger partial charge in [0.05, 0.1) is 16.4 Å². The number of nitrogens with one attached hydrogen (secondary N) is 1. The number of halogens is 3. The topological polar surface area (TPSA) is 98.8 Å². The molecule has 1 saturated heterocycles. The van der Waals surface area contributed by atoms with Crippen LogP contribution in [0.5, 0.6) is 11.5 Å². The highest BCUT2D eigenvalue weighted by atomic mass is 32.2. The van der Waals surface area contributed by atoms with Gasteiger partial charge in [-0.3, -0.25) is 14.9 Å². The molecule has 0 aliphatic carbocycles. The van der Waals surface area contributed by atoms with Crippen LogP contribution in [0.3, 0.4) is 0 Å². The molecule has 0 bridgehead atoms. The van der Waals surface area contributed by atoms with Crippen LogP contribution in [-0.2, 0) is 20.0 Å². The molecule has 2 heterocycles. The average Bonchev–Trinajstić information content (AvgIpc) is 3.18. The van der Waals surface area contributed by atoms with Crippen molar-refractivity contribution in [3.8, 4) is 22.6 Å². The normalized spacial score (nSPS) is 18.6. The molecule has 0 atom stereocenters. The minimum Gasteiger partial charge on any atom is -0.492 e. The van der Waals surface area contributed by atoms with E-state index in [4.69, 9.17) is 4.74 Å². The first-order valence-electron chi connectivity index (χ1n) is 9.80. The minimum atomic E-state index is -5.01. The summed E-state index contributed by atoms with van der Waals surface area (Å²) in [4.78, 5) is 23.3. The Morgan fingerprint density at radius 2 is 1.85 bits per heavy atom. The predicted molar refractivity (Wildman–Crippen MR) is 119 cm³/mol. The van der Waals surface area contributed by atoms with E-state index in [9.17, 15) is 31.2 Å². The molecule has 4 rings (SSSR count). The van der Waals surface area contributed by atoms with Gasteiger partial charge in [-0.15, -0.1) is 13.2 Å². The third-order valence-electron chi connectivity index (χ3n) is 5.26. The van der Waals surface area contributed by atoms with Gasteiger partial charge in [0, 0.05) is 28.4 Å². The largest absolute Gasteiger partial charge is 0.573 e. The van der Waals surface area contributed by atoms with Crippen molar-refractivity contribution in [2.75, 3.05) is 12.9 Å². The van der Waals surface area contributed by atoms with E-state index >= 15 is 0 Å². The van der Waals surface area contributed by atoms with Gasteiger partial charge in [-0.1, -0.05) is 19.9 Å². The van der Waals surface area contributed by atoms with E-state index < -0.39 is 38.5 Å². The number of imide groups is 1. The van der Waals surface area contributed by atoms with E-state index in [-0.39, 0.29) is 33.3 Å². The van der Waals surface area contributed by atoms with Crippen LogP contribution in [0.15, 0.2) is 40.1 Å². The lowest BCUT2D eigenvalue weighted by Crippen LogP contribution is -2.18. The number of rotatable bonds is 4. The number of carbonyl (C=O) groups is 2. The van der Waals surface area contributed by atoms with Gasteiger partial charge >= 0.3 is 6.36 Å². The molecule has 180 valence electrons. The van der Waals surface area contributed by atoms with Gasteiger partial charge in [0.25, 0.3) is 11.1 Å². The fourth-order valence-corrected chi connectivity index (χ4v) is 4.99. The summed E-state index contributed by atoms with van der Waals surface area (Å²) in [6.45, 7) is 3.85. The summed E-state index contributed by atoms with van der Waals surface area (Å²) in [5, 5.41) is 1.53. The van der Waals surface area contributed by atoms with E-state index in [1.54, 1.807) is 0 Å². The lowest BCUT2D eigenvalue weighted by molar-refractivity contribution is -0.274.